The van der Waals surface area contributed by atoms with Crippen LogP contribution in [0.4, 0.5) is 0 Å². The van der Waals surface area contributed by atoms with Crippen molar-refractivity contribution in [2.45, 2.75) is 58.8 Å². The van der Waals surface area contributed by atoms with Crippen LogP contribution in [0.15, 0.2) is 0 Å². The molecule has 0 N–H and O–H groups in total. The Morgan fingerprint density at radius 1 is 1.00 bits per heavy atom. The van der Waals surface area contributed by atoms with Crippen molar-refractivity contribution in [2.75, 3.05) is 5.75 Å². The fourth-order valence-corrected chi connectivity index (χ4v) is 1.80. The topological polar surface area (TPSA) is 0 Å². The van der Waals surface area contributed by atoms with Crippen molar-refractivity contribution in [1.29, 1.82) is 0 Å². The van der Waals surface area contributed by atoms with Crippen molar-refractivity contribution in [3.8, 4) is 0 Å². The standard InChI is InChI=1S/C11H24S/c1-3-5-6-8-11(4-2)9-7-10-12/h11-12H,3-10H2,1-2H3. The van der Waals surface area contributed by atoms with Gasteiger partial charge in [0.25, 0.3) is 0 Å². The third kappa shape index (κ3) is 7.02. The maximum Gasteiger partial charge on any atom is -0.00978 e. The van der Waals surface area contributed by atoms with Gasteiger partial charge in [0.2, 0.25) is 0 Å². The van der Waals surface area contributed by atoms with Crippen molar-refractivity contribution in [3.63, 3.8) is 0 Å². The molecular formula is C11H24S. The molecule has 0 saturated heterocycles. The third-order valence-electron chi connectivity index (χ3n) is 2.56. The minimum absolute atomic E-state index is 0.976. The number of thiol groups is 1. The van der Waals surface area contributed by atoms with Crippen molar-refractivity contribution >= 4 is 12.6 Å². The fraction of sp³-hybridized carbons (Fsp3) is 1.00. The first-order valence-electron chi connectivity index (χ1n) is 5.46. The third-order valence-corrected chi connectivity index (χ3v) is 2.88. The summed E-state index contributed by atoms with van der Waals surface area (Å²) in [7, 11) is 0. The van der Waals surface area contributed by atoms with E-state index in [0.29, 0.717) is 0 Å². The molecule has 0 aliphatic rings. The number of hydrogen-bond acceptors (Lipinski definition) is 1. The highest BCUT2D eigenvalue weighted by molar-refractivity contribution is 7.80. The summed E-state index contributed by atoms with van der Waals surface area (Å²) in [5.74, 6) is 2.04. The second-order valence-electron chi connectivity index (χ2n) is 3.64. The molecule has 74 valence electrons. The van der Waals surface area contributed by atoms with Crippen LogP contribution in [-0.2, 0) is 0 Å². The molecule has 0 spiro atoms. The maximum atomic E-state index is 4.24. The first kappa shape index (κ1) is 12.3. The molecule has 0 aliphatic carbocycles. The highest BCUT2D eigenvalue weighted by atomic mass is 32.1. The van der Waals surface area contributed by atoms with E-state index in [1.54, 1.807) is 0 Å². The van der Waals surface area contributed by atoms with Crippen LogP contribution in [0.1, 0.15) is 58.8 Å². The molecule has 0 aromatic carbocycles. The van der Waals surface area contributed by atoms with Crippen LogP contribution in [0.3, 0.4) is 0 Å². The molecule has 0 bridgehead atoms. The number of rotatable bonds is 8. The Kier molecular flexibility index (Phi) is 9.71. The summed E-state index contributed by atoms with van der Waals surface area (Å²) < 4.78 is 0. The van der Waals surface area contributed by atoms with Crippen molar-refractivity contribution in [3.05, 3.63) is 0 Å². The molecule has 0 amide bonds. The summed E-state index contributed by atoms with van der Waals surface area (Å²) >= 11 is 4.24. The molecule has 0 rings (SSSR count). The Morgan fingerprint density at radius 2 is 1.67 bits per heavy atom. The van der Waals surface area contributed by atoms with E-state index in [9.17, 15) is 0 Å². The first-order valence-corrected chi connectivity index (χ1v) is 6.09. The van der Waals surface area contributed by atoms with Crippen LogP contribution in [-0.4, -0.2) is 5.75 Å². The predicted octanol–water partition coefficient (Wildman–Crippen LogP) is 4.30. The minimum atomic E-state index is 0.976. The Bertz CT molecular complexity index is 81.1. The molecule has 0 fully saturated rings. The van der Waals surface area contributed by atoms with Crippen LogP contribution in [0, 0.1) is 5.92 Å². The van der Waals surface area contributed by atoms with E-state index in [4.69, 9.17) is 0 Å². The molecule has 1 atom stereocenters. The van der Waals surface area contributed by atoms with Gasteiger partial charge in [0.15, 0.2) is 0 Å². The van der Waals surface area contributed by atoms with E-state index in [1.807, 2.05) is 0 Å². The normalized spacial score (nSPS) is 13.2. The quantitative estimate of drug-likeness (QED) is 0.426. The minimum Gasteiger partial charge on any atom is -0.179 e. The molecule has 1 unspecified atom stereocenters. The number of unbranched alkanes of at least 4 members (excludes halogenated alkanes) is 2. The Morgan fingerprint density at radius 3 is 2.17 bits per heavy atom. The van der Waals surface area contributed by atoms with E-state index in [2.05, 4.69) is 26.5 Å². The van der Waals surface area contributed by atoms with Crippen LogP contribution in [0.25, 0.3) is 0 Å². The molecule has 0 radical (unpaired) electrons. The van der Waals surface area contributed by atoms with Gasteiger partial charge in [-0.1, -0.05) is 46.0 Å². The Balaban J connectivity index is 3.26. The molecule has 1 heteroatoms. The lowest BCUT2D eigenvalue weighted by molar-refractivity contribution is 0.414. The summed E-state index contributed by atoms with van der Waals surface area (Å²) in [6.07, 6.45) is 9.69. The Labute approximate surface area is 83.5 Å². The lowest BCUT2D eigenvalue weighted by atomic mass is 9.94. The largest absolute Gasteiger partial charge is 0.179 e. The molecule has 0 aromatic rings. The average Bonchev–Trinajstić information content (AvgIpc) is 2.11. The lowest BCUT2D eigenvalue weighted by Gasteiger charge is -2.13. The van der Waals surface area contributed by atoms with Gasteiger partial charge in [0.1, 0.15) is 0 Å². The highest BCUT2D eigenvalue weighted by Crippen LogP contribution is 2.18. The van der Waals surface area contributed by atoms with Crippen LogP contribution in [0.5, 0.6) is 0 Å². The van der Waals surface area contributed by atoms with E-state index in [0.717, 1.165) is 11.7 Å². The van der Waals surface area contributed by atoms with Crippen LogP contribution in [0.2, 0.25) is 0 Å². The summed E-state index contributed by atoms with van der Waals surface area (Å²) in [4.78, 5) is 0. The molecule has 0 aliphatic heterocycles. The van der Waals surface area contributed by atoms with E-state index in [1.165, 1.54) is 44.9 Å². The monoisotopic (exact) mass is 188 g/mol. The second kappa shape index (κ2) is 9.44. The zero-order valence-electron chi connectivity index (χ0n) is 8.68. The van der Waals surface area contributed by atoms with E-state index < -0.39 is 0 Å². The van der Waals surface area contributed by atoms with Gasteiger partial charge in [-0.3, -0.25) is 0 Å². The SMILES string of the molecule is CCCCCC(CC)CCCS. The van der Waals surface area contributed by atoms with Gasteiger partial charge in [0, 0.05) is 0 Å². The molecule has 0 heterocycles. The first-order chi connectivity index (χ1) is 5.85. The van der Waals surface area contributed by atoms with Crippen LogP contribution < -0.4 is 0 Å². The summed E-state index contributed by atoms with van der Waals surface area (Å²) in [6, 6.07) is 0. The highest BCUT2D eigenvalue weighted by Gasteiger charge is 2.04. The zero-order chi connectivity index (χ0) is 9.23. The molecule has 12 heavy (non-hydrogen) atoms. The van der Waals surface area contributed by atoms with E-state index in [-0.39, 0.29) is 0 Å². The molecule has 0 aromatic heterocycles. The Hall–Kier alpha value is 0.350. The molecule has 0 nitrogen and oxygen atoms in total. The van der Waals surface area contributed by atoms with Crippen molar-refractivity contribution in [1.82, 2.24) is 0 Å². The van der Waals surface area contributed by atoms with Crippen LogP contribution >= 0.6 is 12.6 Å². The van der Waals surface area contributed by atoms with Gasteiger partial charge in [-0.15, -0.1) is 0 Å². The van der Waals surface area contributed by atoms with E-state index >= 15 is 0 Å². The van der Waals surface area contributed by atoms with Gasteiger partial charge < -0.3 is 0 Å². The molecular weight excluding hydrogens is 164 g/mol. The van der Waals surface area contributed by atoms with Gasteiger partial charge in [0.05, 0.1) is 0 Å². The zero-order valence-corrected chi connectivity index (χ0v) is 9.58. The number of hydrogen-bond donors (Lipinski definition) is 1. The second-order valence-corrected chi connectivity index (χ2v) is 4.08. The summed E-state index contributed by atoms with van der Waals surface area (Å²) in [5, 5.41) is 0. The fourth-order valence-electron chi connectivity index (χ4n) is 1.62. The van der Waals surface area contributed by atoms with Gasteiger partial charge in [-0.2, -0.15) is 12.6 Å². The summed E-state index contributed by atoms with van der Waals surface area (Å²) in [6.45, 7) is 4.59. The van der Waals surface area contributed by atoms with Crippen molar-refractivity contribution < 1.29 is 0 Å². The van der Waals surface area contributed by atoms with Gasteiger partial charge >= 0.3 is 0 Å². The predicted molar refractivity (Wildman–Crippen MR) is 61.0 cm³/mol. The van der Waals surface area contributed by atoms with Gasteiger partial charge in [-0.25, -0.2) is 0 Å². The average molecular weight is 188 g/mol. The van der Waals surface area contributed by atoms with Crippen molar-refractivity contribution in [2.24, 2.45) is 5.92 Å². The molecule has 0 saturated carbocycles. The lowest BCUT2D eigenvalue weighted by Crippen LogP contribution is -1.99. The summed E-state index contributed by atoms with van der Waals surface area (Å²) in [5.41, 5.74) is 0. The smallest absolute Gasteiger partial charge is 0.00978 e. The maximum absolute atomic E-state index is 4.24. The van der Waals surface area contributed by atoms with Gasteiger partial charge in [-0.05, 0) is 24.5 Å².